The van der Waals surface area contributed by atoms with Gasteiger partial charge in [-0.3, -0.25) is 0 Å². The first-order chi connectivity index (χ1) is 8.22. The van der Waals surface area contributed by atoms with Gasteiger partial charge < -0.3 is 9.47 Å². The quantitative estimate of drug-likeness (QED) is 0.770. The van der Waals surface area contributed by atoms with Crippen molar-refractivity contribution in [3.63, 3.8) is 0 Å². The SMILES string of the molecule is CCOc1ccc(C(Cl)C2CCCO2)cc1Br. The highest BCUT2D eigenvalue weighted by Gasteiger charge is 2.25. The molecule has 0 bridgehead atoms. The van der Waals surface area contributed by atoms with E-state index in [1.54, 1.807) is 0 Å². The van der Waals surface area contributed by atoms with Crippen LogP contribution in [0, 0.1) is 0 Å². The zero-order valence-corrected chi connectivity index (χ0v) is 12.1. The summed E-state index contributed by atoms with van der Waals surface area (Å²) in [6, 6.07) is 5.98. The monoisotopic (exact) mass is 318 g/mol. The van der Waals surface area contributed by atoms with E-state index in [0.29, 0.717) is 6.61 Å². The molecule has 4 heteroatoms. The molecule has 1 aliphatic rings. The number of rotatable bonds is 4. The molecule has 1 aliphatic heterocycles. The highest BCUT2D eigenvalue weighted by Crippen LogP contribution is 2.35. The Bertz CT molecular complexity index is 378. The Morgan fingerprint density at radius 3 is 3.00 bits per heavy atom. The third kappa shape index (κ3) is 3.15. The highest BCUT2D eigenvalue weighted by molar-refractivity contribution is 9.10. The van der Waals surface area contributed by atoms with E-state index in [2.05, 4.69) is 15.9 Å². The molecule has 1 aromatic carbocycles. The molecule has 2 nitrogen and oxygen atoms in total. The molecule has 2 rings (SSSR count). The predicted molar refractivity (Wildman–Crippen MR) is 72.9 cm³/mol. The second kappa shape index (κ2) is 6.07. The van der Waals surface area contributed by atoms with Crippen LogP contribution in [-0.2, 0) is 4.74 Å². The van der Waals surface area contributed by atoms with Crippen LogP contribution in [0.4, 0.5) is 0 Å². The first-order valence-corrected chi connectivity index (χ1v) is 7.13. The Morgan fingerprint density at radius 1 is 1.59 bits per heavy atom. The smallest absolute Gasteiger partial charge is 0.133 e. The number of alkyl halides is 1. The fraction of sp³-hybridized carbons (Fsp3) is 0.538. The lowest BCUT2D eigenvalue weighted by molar-refractivity contribution is 0.107. The summed E-state index contributed by atoms with van der Waals surface area (Å²) in [5, 5.41) is -0.0792. The fourth-order valence-corrected chi connectivity index (χ4v) is 2.85. The lowest BCUT2D eigenvalue weighted by Gasteiger charge is -2.17. The molecule has 94 valence electrons. The molecular weight excluding hydrogens is 303 g/mol. The molecule has 0 amide bonds. The van der Waals surface area contributed by atoms with Crippen molar-refractivity contribution in [3.8, 4) is 5.75 Å². The predicted octanol–water partition coefficient (Wildman–Crippen LogP) is 4.31. The number of halogens is 2. The summed E-state index contributed by atoms with van der Waals surface area (Å²) in [4.78, 5) is 0. The molecule has 17 heavy (non-hydrogen) atoms. The van der Waals surface area contributed by atoms with Crippen LogP contribution in [0.3, 0.4) is 0 Å². The maximum absolute atomic E-state index is 6.43. The molecule has 0 aromatic heterocycles. The number of benzene rings is 1. The van der Waals surface area contributed by atoms with E-state index >= 15 is 0 Å². The van der Waals surface area contributed by atoms with Crippen LogP contribution >= 0.6 is 27.5 Å². The molecule has 1 fully saturated rings. The van der Waals surface area contributed by atoms with Crippen LogP contribution < -0.4 is 4.74 Å². The molecule has 0 aliphatic carbocycles. The molecule has 2 atom stereocenters. The fourth-order valence-electron chi connectivity index (χ4n) is 2.01. The molecule has 1 aromatic rings. The maximum Gasteiger partial charge on any atom is 0.133 e. The first kappa shape index (κ1) is 13.2. The number of ether oxygens (including phenoxy) is 2. The minimum Gasteiger partial charge on any atom is -0.493 e. The summed E-state index contributed by atoms with van der Waals surface area (Å²) >= 11 is 9.93. The van der Waals surface area contributed by atoms with Gasteiger partial charge >= 0.3 is 0 Å². The Kier molecular flexibility index (Phi) is 4.71. The van der Waals surface area contributed by atoms with Crippen molar-refractivity contribution in [1.29, 1.82) is 0 Å². The van der Waals surface area contributed by atoms with Crippen LogP contribution in [0.1, 0.15) is 30.7 Å². The topological polar surface area (TPSA) is 18.5 Å². The molecule has 0 saturated carbocycles. The Balaban J connectivity index is 2.12. The van der Waals surface area contributed by atoms with Crippen molar-refractivity contribution in [1.82, 2.24) is 0 Å². The van der Waals surface area contributed by atoms with Crippen LogP contribution in [0.25, 0.3) is 0 Å². The number of hydrogen-bond donors (Lipinski definition) is 0. The standard InChI is InChI=1S/C13H16BrClO2/c1-2-16-11-6-5-9(8-10(11)14)13(15)12-4-3-7-17-12/h5-6,8,12-13H,2-4,7H2,1H3. The lowest BCUT2D eigenvalue weighted by Crippen LogP contribution is -2.12. The van der Waals surface area contributed by atoms with Crippen molar-refractivity contribution in [3.05, 3.63) is 28.2 Å². The summed E-state index contributed by atoms with van der Waals surface area (Å²) in [5.74, 6) is 0.854. The van der Waals surface area contributed by atoms with E-state index in [0.717, 1.165) is 35.2 Å². The van der Waals surface area contributed by atoms with Gasteiger partial charge in [-0.2, -0.15) is 0 Å². The molecule has 0 spiro atoms. The molecule has 1 saturated heterocycles. The van der Waals surface area contributed by atoms with E-state index < -0.39 is 0 Å². The summed E-state index contributed by atoms with van der Waals surface area (Å²) in [5.41, 5.74) is 1.08. The first-order valence-electron chi connectivity index (χ1n) is 5.90. The molecule has 0 radical (unpaired) electrons. The third-order valence-electron chi connectivity index (χ3n) is 2.87. The van der Waals surface area contributed by atoms with Crippen LogP contribution in [-0.4, -0.2) is 19.3 Å². The maximum atomic E-state index is 6.43. The molecule has 1 heterocycles. The van der Waals surface area contributed by atoms with Crippen molar-refractivity contribution < 1.29 is 9.47 Å². The van der Waals surface area contributed by atoms with Gasteiger partial charge in [-0.15, -0.1) is 11.6 Å². The average molecular weight is 320 g/mol. The van der Waals surface area contributed by atoms with Gasteiger partial charge in [0.1, 0.15) is 5.75 Å². The van der Waals surface area contributed by atoms with Crippen molar-refractivity contribution in [2.75, 3.05) is 13.2 Å². The van der Waals surface area contributed by atoms with Gasteiger partial charge in [-0.05, 0) is 53.4 Å². The van der Waals surface area contributed by atoms with E-state index in [-0.39, 0.29) is 11.5 Å². The second-order valence-electron chi connectivity index (χ2n) is 4.08. The largest absolute Gasteiger partial charge is 0.493 e. The van der Waals surface area contributed by atoms with Gasteiger partial charge in [-0.1, -0.05) is 6.07 Å². The normalized spacial score (nSPS) is 21.5. The van der Waals surface area contributed by atoms with E-state index in [1.165, 1.54) is 0 Å². The van der Waals surface area contributed by atoms with Crippen molar-refractivity contribution >= 4 is 27.5 Å². The summed E-state index contributed by atoms with van der Waals surface area (Å²) < 4.78 is 12.0. The average Bonchev–Trinajstić information content (AvgIpc) is 2.84. The van der Waals surface area contributed by atoms with Gasteiger partial charge in [0.2, 0.25) is 0 Å². The van der Waals surface area contributed by atoms with Gasteiger partial charge in [0, 0.05) is 6.61 Å². The Hall–Kier alpha value is -0.250. The summed E-state index contributed by atoms with van der Waals surface area (Å²) in [6.45, 7) is 3.46. The zero-order valence-electron chi connectivity index (χ0n) is 9.79. The van der Waals surface area contributed by atoms with Crippen LogP contribution in [0.5, 0.6) is 5.75 Å². The molecular formula is C13H16BrClO2. The minimum absolute atomic E-state index is 0.0792. The van der Waals surface area contributed by atoms with E-state index in [9.17, 15) is 0 Å². The molecule has 0 N–H and O–H groups in total. The number of hydrogen-bond acceptors (Lipinski definition) is 2. The van der Waals surface area contributed by atoms with Gasteiger partial charge in [0.05, 0.1) is 22.6 Å². The summed E-state index contributed by atoms with van der Waals surface area (Å²) in [7, 11) is 0. The minimum atomic E-state index is -0.0792. The Labute approximate surface area is 115 Å². The van der Waals surface area contributed by atoms with Crippen molar-refractivity contribution in [2.24, 2.45) is 0 Å². The Morgan fingerprint density at radius 2 is 2.41 bits per heavy atom. The van der Waals surface area contributed by atoms with Crippen LogP contribution in [0.15, 0.2) is 22.7 Å². The van der Waals surface area contributed by atoms with Gasteiger partial charge in [0.25, 0.3) is 0 Å². The summed E-state index contributed by atoms with van der Waals surface area (Å²) in [6.07, 6.45) is 2.28. The van der Waals surface area contributed by atoms with Crippen LogP contribution in [0.2, 0.25) is 0 Å². The van der Waals surface area contributed by atoms with Crippen molar-refractivity contribution in [2.45, 2.75) is 31.2 Å². The second-order valence-corrected chi connectivity index (χ2v) is 5.40. The highest BCUT2D eigenvalue weighted by atomic mass is 79.9. The zero-order chi connectivity index (χ0) is 12.3. The van der Waals surface area contributed by atoms with E-state index in [4.69, 9.17) is 21.1 Å². The molecule has 2 unspecified atom stereocenters. The lowest BCUT2D eigenvalue weighted by atomic mass is 10.1. The van der Waals surface area contributed by atoms with Gasteiger partial charge in [0.15, 0.2) is 0 Å². The van der Waals surface area contributed by atoms with Gasteiger partial charge in [-0.25, -0.2) is 0 Å². The van der Waals surface area contributed by atoms with E-state index in [1.807, 2.05) is 25.1 Å². The third-order valence-corrected chi connectivity index (χ3v) is 4.02.